The maximum absolute atomic E-state index is 12.7. The number of hydrogen-bond donors (Lipinski definition) is 0. The molecule has 1 amide bonds. The molecule has 0 spiro atoms. The van der Waals surface area contributed by atoms with Gasteiger partial charge in [-0.1, -0.05) is 36.8 Å². The lowest BCUT2D eigenvalue weighted by Crippen LogP contribution is -2.30. The van der Waals surface area contributed by atoms with Crippen molar-refractivity contribution < 1.29 is 4.79 Å². The highest BCUT2D eigenvalue weighted by atomic mass is 79.9. The monoisotopic (exact) mass is 365 g/mol. The first kappa shape index (κ1) is 16.2. The predicted molar refractivity (Wildman–Crippen MR) is 93.0 cm³/mol. The highest BCUT2D eigenvalue weighted by Gasteiger charge is 2.18. The van der Waals surface area contributed by atoms with Gasteiger partial charge in [0.25, 0.3) is 5.91 Å². The van der Waals surface area contributed by atoms with Crippen molar-refractivity contribution in [3.05, 3.63) is 55.7 Å². The summed E-state index contributed by atoms with van der Waals surface area (Å²) in [5, 5.41) is 0. The molecule has 4 heteroatoms. The number of halogens is 1. The van der Waals surface area contributed by atoms with Crippen molar-refractivity contribution in [3.8, 4) is 0 Å². The maximum Gasteiger partial charge on any atom is 0.264 e. The molecule has 2 nitrogen and oxygen atoms in total. The Morgan fingerprint density at radius 3 is 2.43 bits per heavy atom. The molecule has 0 bridgehead atoms. The van der Waals surface area contributed by atoms with Crippen LogP contribution in [0.15, 0.2) is 34.1 Å². The van der Waals surface area contributed by atoms with Crippen LogP contribution in [0.25, 0.3) is 0 Å². The molecule has 0 aliphatic rings. The van der Waals surface area contributed by atoms with Gasteiger partial charge >= 0.3 is 0 Å². The fourth-order valence-electron chi connectivity index (χ4n) is 2.16. The third kappa shape index (κ3) is 4.17. The van der Waals surface area contributed by atoms with Crippen molar-refractivity contribution in [3.63, 3.8) is 0 Å². The zero-order valence-corrected chi connectivity index (χ0v) is 15.1. The SMILES string of the molecule is CCCN(Cc1ccc(C)cc1)C(=O)c1cc(C)c(Br)s1. The van der Waals surface area contributed by atoms with Crippen molar-refractivity contribution in [2.24, 2.45) is 0 Å². The van der Waals surface area contributed by atoms with E-state index in [1.807, 2.05) is 17.9 Å². The van der Waals surface area contributed by atoms with E-state index in [4.69, 9.17) is 0 Å². The van der Waals surface area contributed by atoms with Gasteiger partial charge in [-0.25, -0.2) is 0 Å². The third-order valence-electron chi connectivity index (χ3n) is 3.34. The third-order valence-corrected chi connectivity index (χ3v) is 5.47. The van der Waals surface area contributed by atoms with E-state index in [0.29, 0.717) is 6.54 Å². The molecule has 2 aromatic rings. The summed E-state index contributed by atoms with van der Waals surface area (Å²) >= 11 is 5.01. The quantitative estimate of drug-likeness (QED) is 0.714. The summed E-state index contributed by atoms with van der Waals surface area (Å²) in [6.07, 6.45) is 0.961. The number of benzene rings is 1. The molecular weight excluding hydrogens is 346 g/mol. The molecule has 0 aliphatic carbocycles. The highest BCUT2D eigenvalue weighted by molar-refractivity contribution is 9.11. The number of nitrogens with zero attached hydrogens (tertiary/aromatic N) is 1. The van der Waals surface area contributed by atoms with Crippen LogP contribution in [0, 0.1) is 13.8 Å². The van der Waals surface area contributed by atoms with Crippen molar-refractivity contribution in [2.45, 2.75) is 33.7 Å². The molecule has 0 N–H and O–H groups in total. The van der Waals surface area contributed by atoms with E-state index < -0.39 is 0 Å². The average Bonchev–Trinajstić information content (AvgIpc) is 2.80. The Labute approximate surface area is 138 Å². The molecule has 0 atom stereocenters. The Morgan fingerprint density at radius 2 is 1.90 bits per heavy atom. The maximum atomic E-state index is 12.7. The van der Waals surface area contributed by atoms with Crippen LogP contribution in [0.1, 0.15) is 39.7 Å². The van der Waals surface area contributed by atoms with Crippen molar-refractivity contribution in [1.82, 2.24) is 4.90 Å². The number of hydrogen-bond acceptors (Lipinski definition) is 2. The van der Waals surface area contributed by atoms with Gasteiger partial charge in [0.15, 0.2) is 0 Å². The van der Waals surface area contributed by atoms with Gasteiger partial charge in [0.05, 0.1) is 8.66 Å². The topological polar surface area (TPSA) is 20.3 Å². The Morgan fingerprint density at radius 1 is 1.24 bits per heavy atom. The number of thiophene rings is 1. The van der Waals surface area contributed by atoms with Crippen LogP contribution in [0.5, 0.6) is 0 Å². The molecule has 21 heavy (non-hydrogen) atoms. The second-order valence-corrected chi connectivity index (χ2v) is 7.65. The fourth-order valence-corrected chi connectivity index (χ4v) is 3.66. The molecule has 0 fully saturated rings. The molecule has 112 valence electrons. The van der Waals surface area contributed by atoms with E-state index in [0.717, 1.165) is 27.2 Å². The molecular formula is C17H20BrNOS. The van der Waals surface area contributed by atoms with Crippen molar-refractivity contribution in [2.75, 3.05) is 6.54 Å². The van der Waals surface area contributed by atoms with Crippen molar-refractivity contribution in [1.29, 1.82) is 0 Å². The van der Waals surface area contributed by atoms with E-state index in [-0.39, 0.29) is 5.91 Å². The smallest absolute Gasteiger partial charge is 0.264 e. The van der Waals surface area contributed by atoms with Gasteiger partial charge in [-0.3, -0.25) is 4.79 Å². The Hall–Kier alpha value is -1.13. The number of carbonyl (C=O) groups excluding carboxylic acids is 1. The lowest BCUT2D eigenvalue weighted by Gasteiger charge is -2.21. The molecule has 2 rings (SSSR count). The first-order valence-corrected chi connectivity index (χ1v) is 8.73. The van der Waals surface area contributed by atoms with Crippen LogP contribution in [0.2, 0.25) is 0 Å². The van der Waals surface area contributed by atoms with Crippen LogP contribution in [-0.2, 0) is 6.54 Å². The molecule has 0 radical (unpaired) electrons. The number of aryl methyl sites for hydroxylation is 2. The first-order chi connectivity index (χ1) is 10.0. The zero-order valence-electron chi connectivity index (χ0n) is 12.6. The van der Waals surface area contributed by atoms with Gasteiger partial charge in [0.2, 0.25) is 0 Å². The lowest BCUT2D eigenvalue weighted by molar-refractivity contribution is 0.0748. The highest BCUT2D eigenvalue weighted by Crippen LogP contribution is 2.28. The van der Waals surface area contributed by atoms with E-state index in [1.165, 1.54) is 22.5 Å². The molecule has 0 aliphatic heterocycles. The second kappa shape index (κ2) is 7.23. The minimum Gasteiger partial charge on any atom is -0.334 e. The molecule has 1 heterocycles. The summed E-state index contributed by atoms with van der Waals surface area (Å²) in [5.41, 5.74) is 3.54. The zero-order chi connectivity index (χ0) is 15.4. The number of rotatable bonds is 5. The minimum atomic E-state index is 0.122. The van der Waals surface area contributed by atoms with Crippen LogP contribution in [0.3, 0.4) is 0 Å². The summed E-state index contributed by atoms with van der Waals surface area (Å²) in [4.78, 5) is 15.4. The Bertz CT molecular complexity index is 599. The van der Waals surface area contributed by atoms with Gasteiger partial charge in [-0.2, -0.15) is 0 Å². The van der Waals surface area contributed by atoms with Gasteiger partial charge in [-0.15, -0.1) is 11.3 Å². The number of carbonyl (C=O) groups is 1. The second-order valence-electron chi connectivity index (χ2n) is 5.28. The summed E-state index contributed by atoms with van der Waals surface area (Å²) in [5.74, 6) is 0.122. The molecule has 1 aromatic heterocycles. The molecule has 1 aromatic carbocycles. The van der Waals surface area contributed by atoms with Crippen LogP contribution < -0.4 is 0 Å². The van der Waals surface area contributed by atoms with Gasteiger partial charge in [-0.05, 0) is 53.4 Å². The van der Waals surface area contributed by atoms with Gasteiger partial charge in [0.1, 0.15) is 0 Å². The fraction of sp³-hybridized carbons (Fsp3) is 0.353. The number of amides is 1. The normalized spacial score (nSPS) is 10.7. The molecule has 0 unspecified atom stereocenters. The standard InChI is InChI=1S/C17H20BrNOS/c1-4-9-19(11-14-7-5-12(2)6-8-14)17(20)15-10-13(3)16(18)21-15/h5-8,10H,4,9,11H2,1-3H3. The van der Waals surface area contributed by atoms with Crippen LogP contribution >= 0.6 is 27.3 Å². The van der Waals surface area contributed by atoms with E-state index in [2.05, 4.69) is 54.0 Å². The summed E-state index contributed by atoms with van der Waals surface area (Å²) < 4.78 is 1.04. The Kier molecular flexibility index (Phi) is 5.59. The van der Waals surface area contributed by atoms with E-state index in [9.17, 15) is 4.79 Å². The van der Waals surface area contributed by atoms with Crippen molar-refractivity contribution >= 4 is 33.2 Å². The lowest BCUT2D eigenvalue weighted by atomic mass is 10.1. The predicted octanol–water partition coefficient (Wildman–Crippen LogP) is 5.18. The van der Waals surface area contributed by atoms with Gasteiger partial charge < -0.3 is 4.90 Å². The first-order valence-electron chi connectivity index (χ1n) is 7.12. The Balaban J connectivity index is 2.17. The van der Waals surface area contributed by atoms with E-state index >= 15 is 0 Å². The van der Waals surface area contributed by atoms with Crippen LogP contribution in [0.4, 0.5) is 0 Å². The molecule has 0 saturated heterocycles. The summed E-state index contributed by atoms with van der Waals surface area (Å²) in [6.45, 7) is 7.64. The largest absolute Gasteiger partial charge is 0.334 e. The van der Waals surface area contributed by atoms with Crippen LogP contribution in [-0.4, -0.2) is 17.4 Å². The van der Waals surface area contributed by atoms with E-state index in [1.54, 1.807) is 0 Å². The van der Waals surface area contributed by atoms with Gasteiger partial charge in [0, 0.05) is 13.1 Å². The molecule has 0 saturated carbocycles. The minimum absolute atomic E-state index is 0.122. The average molecular weight is 366 g/mol. The summed E-state index contributed by atoms with van der Waals surface area (Å²) in [6, 6.07) is 10.3. The summed E-state index contributed by atoms with van der Waals surface area (Å²) in [7, 11) is 0.